The first-order valence-corrected chi connectivity index (χ1v) is 5.52. The van der Waals surface area contributed by atoms with Crippen LogP contribution in [0.1, 0.15) is 5.56 Å². The minimum absolute atomic E-state index is 0.123. The van der Waals surface area contributed by atoms with E-state index in [1.807, 2.05) is 12.1 Å². The summed E-state index contributed by atoms with van der Waals surface area (Å²) in [5.41, 5.74) is 8.71. The van der Waals surface area contributed by atoms with E-state index < -0.39 is 0 Å². The summed E-state index contributed by atoms with van der Waals surface area (Å²) >= 11 is 1.29. The zero-order valence-electron chi connectivity index (χ0n) is 8.38. The Morgan fingerprint density at radius 2 is 2.38 bits per heavy atom. The van der Waals surface area contributed by atoms with Crippen molar-refractivity contribution in [3.8, 4) is 0 Å². The number of hydrogen-bond donors (Lipinski definition) is 2. The standard InChI is InChI=1S/C10H10N4OS/c11-8-3-1-2-7(4-8)5-9(15)13-10-14-12-6-16-10/h1-4,6H,5,11H2,(H,13,14,15). The molecule has 0 atom stereocenters. The van der Waals surface area contributed by atoms with Crippen LogP contribution in [0.25, 0.3) is 0 Å². The number of hydrogen-bond acceptors (Lipinski definition) is 5. The third kappa shape index (κ3) is 2.77. The third-order valence-electron chi connectivity index (χ3n) is 1.92. The van der Waals surface area contributed by atoms with Gasteiger partial charge in [-0.2, -0.15) is 0 Å². The second-order valence-corrected chi connectivity index (χ2v) is 4.05. The predicted octanol–water partition coefficient (Wildman–Crippen LogP) is 1.30. The lowest BCUT2D eigenvalue weighted by molar-refractivity contribution is -0.115. The highest BCUT2D eigenvalue weighted by Gasteiger charge is 2.05. The van der Waals surface area contributed by atoms with Crippen LogP contribution < -0.4 is 11.1 Å². The van der Waals surface area contributed by atoms with Crippen LogP contribution in [0.15, 0.2) is 29.8 Å². The van der Waals surface area contributed by atoms with Crippen LogP contribution >= 0.6 is 11.3 Å². The van der Waals surface area contributed by atoms with E-state index in [0.717, 1.165) is 5.56 Å². The van der Waals surface area contributed by atoms with Crippen molar-refractivity contribution >= 4 is 28.1 Å². The van der Waals surface area contributed by atoms with Gasteiger partial charge in [0.25, 0.3) is 0 Å². The van der Waals surface area contributed by atoms with E-state index >= 15 is 0 Å². The highest BCUT2D eigenvalue weighted by Crippen LogP contribution is 2.10. The zero-order valence-corrected chi connectivity index (χ0v) is 9.20. The molecule has 3 N–H and O–H groups in total. The molecule has 0 fully saturated rings. The number of nitrogens with two attached hydrogens (primary N) is 1. The fourth-order valence-electron chi connectivity index (χ4n) is 1.28. The lowest BCUT2D eigenvalue weighted by Gasteiger charge is -2.02. The van der Waals surface area contributed by atoms with Crippen molar-refractivity contribution in [3.05, 3.63) is 35.3 Å². The summed E-state index contributed by atoms with van der Waals surface area (Å²) in [4.78, 5) is 11.6. The molecular formula is C10H10N4OS. The van der Waals surface area contributed by atoms with Gasteiger partial charge in [0.1, 0.15) is 5.51 Å². The quantitative estimate of drug-likeness (QED) is 0.784. The Balaban J connectivity index is 1.97. The fourth-order valence-corrected chi connectivity index (χ4v) is 1.74. The highest BCUT2D eigenvalue weighted by atomic mass is 32.1. The monoisotopic (exact) mass is 234 g/mol. The molecule has 2 aromatic rings. The van der Waals surface area contributed by atoms with Crippen molar-refractivity contribution < 1.29 is 4.79 Å². The molecule has 0 saturated heterocycles. The van der Waals surface area contributed by atoms with Gasteiger partial charge in [0.05, 0.1) is 6.42 Å². The normalized spacial score (nSPS) is 10.0. The first-order valence-electron chi connectivity index (χ1n) is 4.64. The van der Waals surface area contributed by atoms with Gasteiger partial charge in [0, 0.05) is 5.69 Å². The molecule has 6 heteroatoms. The minimum atomic E-state index is -0.123. The third-order valence-corrected chi connectivity index (χ3v) is 2.53. The molecule has 1 aromatic carbocycles. The van der Waals surface area contributed by atoms with E-state index in [-0.39, 0.29) is 12.3 Å². The average Bonchev–Trinajstić information content (AvgIpc) is 2.70. The van der Waals surface area contributed by atoms with Crippen LogP contribution in [0.2, 0.25) is 0 Å². The van der Waals surface area contributed by atoms with Gasteiger partial charge in [-0.05, 0) is 17.7 Å². The van der Waals surface area contributed by atoms with Gasteiger partial charge in [0.15, 0.2) is 0 Å². The Bertz CT molecular complexity index is 483. The summed E-state index contributed by atoms with van der Waals surface area (Å²) in [5.74, 6) is -0.123. The number of amides is 1. The fraction of sp³-hybridized carbons (Fsp3) is 0.100. The van der Waals surface area contributed by atoms with E-state index in [2.05, 4.69) is 15.5 Å². The number of anilines is 2. The number of nitrogen functional groups attached to an aromatic ring is 1. The van der Waals surface area contributed by atoms with Gasteiger partial charge in [-0.25, -0.2) is 0 Å². The smallest absolute Gasteiger partial charge is 0.230 e. The van der Waals surface area contributed by atoms with Crippen LogP contribution in [0.3, 0.4) is 0 Å². The van der Waals surface area contributed by atoms with Crippen molar-refractivity contribution in [3.63, 3.8) is 0 Å². The van der Waals surface area contributed by atoms with E-state index in [0.29, 0.717) is 10.8 Å². The summed E-state index contributed by atoms with van der Waals surface area (Å²) < 4.78 is 0. The molecule has 0 saturated carbocycles. The number of carbonyl (C=O) groups excluding carboxylic acids is 1. The Morgan fingerprint density at radius 1 is 1.50 bits per heavy atom. The maximum atomic E-state index is 11.6. The van der Waals surface area contributed by atoms with Crippen LogP contribution in [0, 0.1) is 0 Å². The first kappa shape index (κ1) is 10.6. The average molecular weight is 234 g/mol. The summed E-state index contributed by atoms with van der Waals surface area (Å²) in [6.07, 6.45) is 0.282. The van der Waals surface area contributed by atoms with Gasteiger partial charge >= 0.3 is 0 Å². The number of rotatable bonds is 3. The number of carbonyl (C=O) groups is 1. The molecule has 0 aliphatic heterocycles. The molecule has 0 bridgehead atoms. The number of nitrogens with zero attached hydrogens (tertiary/aromatic N) is 2. The molecule has 82 valence electrons. The van der Waals surface area contributed by atoms with Crippen molar-refractivity contribution in [1.29, 1.82) is 0 Å². The Hall–Kier alpha value is -1.95. The van der Waals surface area contributed by atoms with Crippen molar-refractivity contribution in [2.75, 3.05) is 11.1 Å². The summed E-state index contributed by atoms with van der Waals surface area (Å²) in [6, 6.07) is 7.24. The summed E-state index contributed by atoms with van der Waals surface area (Å²) in [5, 5.41) is 10.5. The largest absolute Gasteiger partial charge is 0.399 e. The van der Waals surface area contributed by atoms with E-state index in [4.69, 9.17) is 5.73 Å². The Labute approximate surface area is 96.3 Å². The molecule has 2 rings (SSSR count). The van der Waals surface area contributed by atoms with E-state index in [1.165, 1.54) is 11.3 Å². The molecular weight excluding hydrogens is 224 g/mol. The summed E-state index contributed by atoms with van der Waals surface area (Å²) in [7, 11) is 0. The Morgan fingerprint density at radius 3 is 3.06 bits per heavy atom. The van der Waals surface area contributed by atoms with E-state index in [1.54, 1.807) is 17.6 Å². The minimum Gasteiger partial charge on any atom is -0.399 e. The second-order valence-electron chi connectivity index (χ2n) is 3.21. The lowest BCUT2D eigenvalue weighted by Crippen LogP contribution is -2.14. The molecule has 0 unspecified atom stereocenters. The SMILES string of the molecule is Nc1cccc(CC(=O)Nc2nncs2)c1. The van der Waals surface area contributed by atoms with Gasteiger partial charge in [0.2, 0.25) is 11.0 Å². The van der Waals surface area contributed by atoms with Crippen LogP contribution in [-0.2, 0) is 11.2 Å². The van der Waals surface area contributed by atoms with E-state index in [9.17, 15) is 4.79 Å². The van der Waals surface area contributed by atoms with Crippen LogP contribution in [-0.4, -0.2) is 16.1 Å². The molecule has 0 radical (unpaired) electrons. The number of nitrogens with one attached hydrogen (secondary N) is 1. The number of benzene rings is 1. The maximum Gasteiger partial charge on any atom is 0.230 e. The lowest BCUT2D eigenvalue weighted by atomic mass is 10.1. The predicted molar refractivity (Wildman–Crippen MR) is 63.1 cm³/mol. The second kappa shape index (κ2) is 4.71. The molecule has 1 aromatic heterocycles. The molecule has 5 nitrogen and oxygen atoms in total. The number of aromatic nitrogens is 2. The molecule has 1 amide bonds. The van der Waals surface area contributed by atoms with Crippen molar-refractivity contribution in [2.24, 2.45) is 0 Å². The van der Waals surface area contributed by atoms with Gasteiger partial charge in [-0.15, -0.1) is 10.2 Å². The van der Waals surface area contributed by atoms with Gasteiger partial charge in [-0.1, -0.05) is 23.5 Å². The zero-order chi connectivity index (χ0) is 11.4. The molecule has 0 aliphatic carbocycles. The first-order chi connectivity index (χ1) is 7.74. The highest BCUT2D eigenvalue weighted by molar-refractivity contribution is 7.13. The van der Waals surface area contributed by atoms with Crippen molar-refractivity contribution in [1.82, 2.24) is 10.2 Å². The maximum absolute atomic E-state index is 11.6. The molecule has 0 aliphatic rings. The van der Waals surface area contributed by atoms with Gasteiger partial charge in [-0.3, -0.25) is 4.79 Å². The molecule has 0 spiro atoms. The summed E-state index contributed by atoms with van der Waals surface area (Å²) in [6.45, 7) is 0. The topological polar surface area (TPSA) is 80.9 Å². The molecule has 1 heterocycles. The van der Waals surface area contributed by atoms with Gasteiger partial charge < -0.3 is 11.1 Å². The Kier molecular flexibility index (Phi) is 3.11. The van der Waals surface area contributed by atoms with Crippen LogP contribution in [0.5, 0.6) is 0 Å². The van der Waals surface area contributed by atoms with Crippen LogP contribution in [0.4, 0.5) is 10.8 Å². The molecule has 16 heavy (non-hydrogen) atoms. The van der Waals surface area contributed by atoms with Crippen molar-refractivity contribution in [2.45, 2.75) is 6.42 Å².